The Kier molecular flexibility index (Phi) is 4.53. The Balaban J connectivity index is 2.25. The van der Waals surface area contributed by atoms with Gasteiger partial charge in [0.2, 0.25) is 0 Å². The third kappa shape index (κ3) is 3.44. The number of rotatable bonds is 4. The SMILES string of the molecule is CC(Nc1ccc(I)cc1[N+](=O)[O-])c1ccc(F)cc1. The molecule has 1 N–H and O–H groups in total. The molecule has 0 aliphatic rings. The first-order chi connectivity index (χ1) is 9.47. The van der Waals surface area contributed by atoms with E-state index < -0.39 is 4.92 Å². The van der Waals surface area contributed by atoms with E-state index in [0.717, 1.165) is 9.13 Å². The topological polar surface area (TPSA) is 55.2 Å². The molecule has 2 aromatic rings. The van der Waals surface area contributed by atoms with Crippen LogP contribution in [0.15, 0.2) is 42.5 Å². The van der Waals surface area contributed by atoms with Crippen LogP contribution in [-0.2, 0) is 0 Å². The zero-order chi connectivity index (χ0) is 14.7. The molecule has 2 aromatic carbocycles. The van der Waals surface area contributed by atoms with Crippen LogP contribution in [0.2, 0.25) is 0 Å². The predicted octanol–water partition coefficient (Wildman–Crippen LogP) is 4.51. The zero-order valence-corrected chi connectivity index (χ0v) is 12.8. The minimum absolute atomic E-state index is 0.0332. The summed E-state index contributed by atoms with van der Waals surface area (Å²) in [6.45, 7) is 1.87. The standard InChI is InChI=1S/C14H12FIN2O2/c1-9(10-2-4-11(15)5-3-10)17-13-7-6-12(16)8-14(13)18(19)20/h2-9,17H,1H3. The first kappa shape index (κ1) is 14.7. The number of nitro groups is 1. The van der Waals surface area contributed by atoms with Crippen LogP contribution in [0.3, 0.4) is 0 Å². The minimum atomic E-state index is -0.415. The fraction of sp³-hybridized carbons (Fsp3) is 0.143. The lowest BCUT2D eigenvalue weighted by Gasteiger charge is -2.15. The van der Waals surface area contributed by atoms with Crippen molar-refractivity contribution in [2.24, 2.45) is 0 Å². The van der Waals surface area contributed by atoms with E-state index in [1.54, 1.807) is 24.3 Å². The first-order valence-corrected chi connectivity index (χ1v) is 7.01. The Bertz CT molecular complexity index is 632. The highest BCUT2D eigenvalue weighted by molar-refractivity contribution is 14.1. The monoisotopic (exact) mass is 386 g/mol. The van der Waals surface area contributed by atoms with Gasteiger partial charge in [0.15, 0.2) is 0 Å². The number of halogens is 2. The summed E-state index contributed by atoms with van der Waals surface area (Å²) in [6, 6.07) is 10.9. The molecular formula is C14H12FIN2O2. The number of hydrogen-bond acceptors (Lipinski definition) is 3. The van der Waals surface area contributed by atoms with Crippen molar-refractivity contribution in [1.82, 2.24) is 0 Å². The highest BCUT2D eigenvalue weighted by Gasteiger charge is 2.16. The minimum Gasteiger partial charge on any atom is -0.373 e. The van der Waals surface area contributed by atoms with Gasteiger partial charge in [0, 0.05) is 15.7 Å². The van der Waals surface area contributed by atoms with E-state index in [1.165, 1.54) is 18.2 Å². The van der Waals surface area contributed by atoms with Gasteiger partial charge in [-0.05, 0) is 59.3 Å². The van der Waals surface area contributed by atoms with Gasteiger partial charge in [0.25, 0.3) is 5.69 Å². The van der Waals surface area contributed by atoms with E-state index in [0.29, 0.717) is 5.69 Å². The van der Waals surface area contributed by atoms with E-state index >= 15 is 0 Å². The van der Waals surface area contributed by atoms with Gasteiger partial charge in [-0.3, -0.25) is 10.1 Å². The molecule has 0 amide bonds. The van der Waals surface area contributed by atoms with Crippen LogP contribution in [0, 0.1) is 19.5 Å². The maximum absolute atomic E-state index is 12.9. The van der Waals surface area contributed by atoms with E-state index in [1.807, 2.05) is 29.5 Å². The lowest BCUT2D eigenvalue weighted by atomic mass is 10.1. The van der Waals surface area contributed by atoms with Crippen molar-refractivity contribution in [2.45, 2.75) is 13.0 Å². The van der Waals surface area contributed by atoms with Crippen molar-refractivity contribution in [3.63, 3.8) is 0 Å². The van der Waals surface area contributed by atoms with Crippen LogP contribution in [-0.4, -0.2) is 4.92 Å². The van der Waals surface area contributed by atoms with Crippen molar-refractivity contribution in [1.29, 1.82) is 0 Å². The molecule has 0 fully saturated rings. The summed E-state index contributed by atoms with van der Waals surface area (Å²) in [5.74, 6) is -0.304. The van der Waals surface area contributed by atoms with Crippen LogP contribution < -0.4 is 5.32 Å². The molecule has 0 heterocycles. The molecule has 1 unspecified atom stereocenters. The van der Waals surface area contributed by atoms with Gasteiger partial charge >= 0.3 is 0 Å². The number of nitrogens with zero attached hydrogens (tertiary/aromatic N) is 1. The van der Waals surface area contributed by atoms with Gasteiger partial charge in [-0.15, -0.1) is 0 Å². The lowest BCUT2D eigenvalue weighted by molar-refractivity contribution is -0.384. The summed E-state index contributed by atoms with van der Waals surface area (Å²) in [5, 5.41) is 14.1. The zero-order valence-electron chi connectivity index (χ0n) is 10.6. The summed E-state index contributed by atoms with van der Waals surface area (Å²) in [4.78, 5) is 10.6. The fourth-order valence-electron chi connectivity index (χ4n) is 1.85. The van der Waals surface area contributed by atoms with Crippen molar-refractivity contribution in [3.8, 4) is 0 Å². The number of nitrogens with one attached hydrogen (secondary N) is 1. The number of hydrogen-bond donors (Lipinski definition) is 1. The van der Waals surface area contributed by atoms with Crippen LogP contribution >= 0.6 is 22.6 Å². The van der Waals surface area contributed by atoms with Crippen LogP contribution in [0.1, 0.15) is 18.5 Å². The van der Waals surface area contributed by atoms with Crippen molar-refractivity contribution < 1.29 is 9.31 Å². The second kappa shape index (κ2) is 6.17. The summed E-state index contributed by atoms with van der Waals surface area (Å²) < 4.78 is 13.7. The average Bonchev–Trinajstić information content (AvgIpc) is 2.41. The molecule has 1 atom stereocenters. The molecule has 0 radical (unpaired) electrons. The molecule has 104 valence electrons. The average molecular weight is 386 g/mol. The third-order valence-corrected chi connectivity index (χ3v) is 3.57. The molecule has 0 saturated carbocycles. The lowest BCUT2D eigenvalue weighted by Crippen LogP contribution is -2.08. The second-order valence-electron chi connectivity index (χ2n) is 4.34. The highest BCUT2D eigenvalue weighted by Crippen LogP contribution is 2.29. The van der Waals surface area contributed by atoms with Gasteiger partial charge in [-0.1, -0.05) is 12.1 Å². The Morgan fingerprint density at radius 1 is 1.25 bits per heavy atom. The normalized spacial score (nSPS) is 11.9. The van der Waals surface area contributed by atoms with Gasteiger partial charge in [0.05, 0.1) is 4.92 Å². The van der Waals surface area contributed by atoms with Crippen LogP contribution in [0.4, 0.5) is 15.8 Å². The first-order valence-electron chi connectivity index (χ1n) is 5.93. The van der Waals surface area contributed by atoms with Crippen LogP contribution in [0.25, 0.3) is 0 Å². The van der Waals surface area contributed by atoms with Crippen molar-refractivity contribution in [3.05, 3.63) is 67.5 Å². The summed E-state index contributed by atoms with van der Waals surface area (Å²) in [6.07, 6.45) is 0. The number of benzene rings is 2. The third-order valence-electron chi connectivity index (χ3n) is 2.90. The largest absolute Gasteiger partial charge is 0.373 e. The van der Waals surface area contributed by atoms with E-state index in [4.69, 9.17) is 0 Å². The van der Waals surface area contributed by atoms with Gasteiger partial charge < -0.3 is 5.32 Å². The van der Waals surface area contributed by atoms with Crippen LogP contribution in [0.5, 0.6) is 0 Å². The smallest absolute Gasteiger partial charge is 0.293 e. The molecule has 4 nitrogen and oxygen atoms in total. The van der Waals surface area contributed by atoms with Crippen molar-refractivity contribution in [2.75, 3.05) is 5.32 Å². The van der Waals surface area contributed by atoms with E-state index in [-0.39, 0.29) is 17.5 Å². The molecule has 6 heteroatoms. The van der Waals surface area contributed by atoms with E-state index in [2.05, 4.69) is 5.32 Å². The molecule has 0 aromatic heterocycles. The highest BCUT2D eigenvalue weighted by atomic mass is 127. The Morgan fingerprint density at radius 2 is 1.90 bits per heavy atom. The molecule has 2 rings (SSSR count). The molecular weight excluding hydrogens is 374 g/mol. The summed E-state index contributed by atoms with van der Waals surface area (Å²) >= 11 is 2.03. The summed E-state index contributed by atoms with van der Waals surface area (Å²) in [5.41, 5.74) is 1.34. The molecule has 20 heavy (non-hydrogen) atoms. The summed E-state index contributed by atoms with van der Waals surface area (Å²) in [7, 11) is 0. The Labute approximate surface area is 129 Å². The Morgan fingerprint density at radius 3 is 2.50 bits per heavy atom. The fourth-order valence-corrected chi connectivity index (χ4v) is 2.32. The number of nitro benzene ring substituents is 1. The van der Waals surface area contributed by atoms with Gasteiger partial charge in [-0.2, -0.15) is 0 Å². The maximum atomic E-state index is 12.9. The molecule has 0 spiro atoms. The molecule has 0 aliphatic heterocycles. The van der Waals surface area contributed by atoms with E-state index in [9.17, 15) is 14.5 Å². The van der Waals surface area contributed by atoms with Gasteiger partial charge in [-0.25, -0.2) is 4.39 Å². The second-order valence-corrected chi connectivity index (χ2v) is 5.58. The molecule has 0 aliphatic carbocycles. The van der Waals surface area contributed by atoms with Gasteiger partial charge in [0.1, 0.15) is 11.5 Å². The molecule has 0 saturated heterocycles. The Hall–Kier alpha value is -1.70. The number of anilines is 1. The maximum Gasteiger partial charge on any atom is 0.293 e. The van der Waals surface area contributed by atoms with Crippen molar-refractivity contribution >= 4 is 34.0 Å². The molecule has 0 bridgehead atoms. The quantitative estimate of drug-likeness (QED) is 0.478. The predicted molar refractivity (Wildman–Crippen MR) is 84.3 cm³/mol.